The van der Waals surface area contributed by atoms with Gasteiger partial charge in [0, 0.05) is 51.3 Å². The van der Waals surface area contributed by atoms with Gasteiger partial charge in [0.15, 0.2) is 0 Å². The van der Waals surface area contributed by atoms with Crippen molar-refractivity contribution in [1.29, 1.82) is 0 Å². The molecule has 1 saturated heterocycles. The molecule has 1 N–H and O–H groups in total. The zero-order valence-electron chi connectivity index (χ0n) is 9.60. The predicted molar refractivity (Wildman–Crippen MR) is 82.9 cm³/mol. The third-order valence-electron chi connectivity index (χ3n) is 2.57. The summed E-state index contributed by atoms with van der Waals surface area (Å²) in [6.45, 7) is 0.897. The number of nitro groups is 1. The van der Waals surface area contributed by atoms with Gasteiger partial charge in [-0.15, -0.1) is 0 Å². The normalized spacial score (nSPS) is 19.5. The number of halogens is 1. The Hall–Kier alpha value is -0.400. The van der Waals surface area contributed by atoms with Crippen LogP contribution in [0.2, 0.25) is 0 Å². The number of non-ortho nitro benzene ring substituents is 1. The van der Waals surface area contributed by atoms with Crippen LogP contribution in [0.5, 0.6) is 0 Å². The number of anilines is 1. The van der Waals surface area contributed by atoms with E-state index in [4.69, 9.17) is 0 Å². The molecule has 0 radical (unpaired) electrons. The summed E-state index contributed by atoms with van der Waals surface area (Å²) in [5.41, 5.74) is 1.02. The first-order valence-electron chi connectivity index (χ1n) is 5.54. The van der Waals surface area contributed by atoms with Gasteiger partial charge in [-0.3, -0.25) is 10.1 Å². The van der Waals surface area contributed by atoms with Crippen LogP contribution < -0.4 is 5.32 Å². The molecule has 4 nitrogen and oxygen atoms in total. The molecular weight excluding hydrogens is 336 g/mol. The number of thioether (sulfide) groups is 2. The Balaban J connectivity index is 1.94. The summed E-state index contributed by atoms with van der Waals surface area (Å²) in [5.74, 6) is 3.61. The van der Waals surface area contributed by atoms with Crippen molar-refractivity contribution in [3.8, 4) is 0 Å². The molecule has 1 aromatic rings. The van der Waals surface area contributed by atoms with Gasteiger partial charge in [0.2, 0.25) is 0 Å². The standard InChI is InChI=1S/C11H13BrN2O2S2/c12-10-5-8(14(15)16)1-2-11(10)13-6-9-7-17-3-4-18-9/h1-2,5,9,13H,3-4,6-7H2. The van der Waals surface area contributed by atoms with Gasteiger partial charge >= 0.3 is 0 Å². The topological polar surface area (TPSA) is 55.2 Å². The Morgan fingerprint density at radius 2 is 2.33 bits per heavy atom. The van der Waals surface area contributed by atoms with E-state index in [1.807, 2.05) is 23.5 Å². The minimum absolute atomic E-state index is 0.107. The summed E-state index contributed by atoms with van der Waals surface area (Å²) >= 11 is 7.34. The molecule has 1 fully saturated rings. The van der Waals surface area contributed by atoms with E-state index < -0.39 is 0 Å². The van der Waals surface area contributed by atoms with Crippen LogP contribution >= 0.6 is 39.5 Å². The van der Waals surface area contributed by atoms with Gasteiger partial charge in [-0.25, -0.2) is 0 Å². The number of nitrogens with one attached hydrogen (secondary N) is 1. The van der Waals surface area contributed by atoms with Crippen LogP contribution in [0.4, 0.5) is 11.4 Å². The Morgan fingerprint density at radius 1 is 1.50 bits per heavy atom. The molecule has 0 amide bonds. The maximum Gasteiger partial charge on any atom is 0.270 e. The molecule has 1 atom stereocenters. The van der Waals surface area contributed by atoms with E-state index >= 15 is 0 Å². The van der Waals surface area contributed by atoms with Gasteiger partial charge in [0.05, 0.1) is 4.92 Å². The number of nitrogens with zero attached hydrogens (tertiary/aromatic N) is 1. The Labute approximate surface area is 123 Å². The molecule has 1 heterocycles. The quantitative estimate of drug-likeness (QED) is 0.665. The van der Waals surface area contributed by atoms with Crippen LogP contribution in [-0.4, -0.2) is 34.0 Å². The smallest absolute Gasteiger partial charge is 0.270 e. The zero-order chi connectivity index (χ0) is 13.0. The monoisotopic (exact) mass is 348 g/mol. The lowest BCUT2D eigenvalue weighted by Gasteiger charge is -2.21. The Bertz CT molecular complexity index is 439. The predicted octanol–water partition coefficient (Wildman–Crippen LogP) is 3.62. The fourth-order valence-electron chi connectivity index (χ4n) is 1.64. The van der Waals surface area contributed by atoms with Gasteiger partial charge in [-0.05, 0) is 22.0 Å². The maximum atomic E-state index is 10.6. The van der Waals surface area contributed by atoms with Crippen molar-refractivity contribution in [1.82, 2.24) is 0 Å². The lowest BCUT2D eigenvalue weighted by molar-refractivity contribution is -0.384. The summed E-state index contributed by atoms with van der Waals surface area (Å²) in [7, 11) is 0. The second kappa shape index (κ2) is 6.68. The molecule has 1 aromatic carbocycles. The van der Waals surface area contributed by atoms with E-state index in [9.17, 15) is 10.1 Å². The fourth-order valence-corrected chi connectivity index (χ4v) is 4.76. The van der Waals surface area contributed by atoms with Gasteiger partial charge in [-0.2, -0.15) is 23.5 Å². The number of nitro benzene ring substituents is 1. The van der Waals surface area contributed by atoms with Crippen molar-refractivity contribution in [2.45, 2.75) is 5.25 Å². The van der Waals surface area contributed by atoms with E-state index in [0.29, 0.717) is 5.25 Å². The van der Waals surface area contributed by atoms with E-state index in [-0.39, 0.29) is 10.6 Å². The first kappa shape index (κ1) is 14.0. The lowest BCUT2D eigenvalue weighted by Crippen LogP contribution is -2.23. The highest BCUT2D eigenvalue weighted by atomic mass is 79.9. The van der Waals surface area contributed by atoms with Crippen molar-refractivity contribution in [3.63, 3.8) is 0 Å². The number of hydrogen-bond donors (Lipinski definition) is 1. The third-order valence-corrected chi connectivity index (χ3v) is 6.07. The van der Waals surface area contributed by atoms with Crippen LogP contribution in [0.1, 0.15) is 0 Å². The van der Waals surface area contributed by atoms with Crippen LogP contribution in [-0.2, 0) is 0 Å². The molecule has 7 heteroatoms. The van der Waals surface area contributed by atoms with Crippen LogP contribution in [0.25, 0.3) is 0 Å². The first-order valence-corrected chi connectivity index (χ1v) is 8.53. The van der Waals surface area contributed by atoms with Gasteiger partial charge < -0.3 is 5.32 Å². The Morgan fingerprint density at radius 3 is 2.94 bits per heavy atom. The molecule has 0 aliphatic carbocycles. The zero-order valence-corrected chi connectivity index (χ0v) is 12.8. The summed E-state index contributed by atoms with van der Waals surface area (Å²) in [5, 5.41) is 14.6. The number of benzene rings is 1. The first-order chi connectivity index (χ1) is 8.66. The highest BCUT2D eigenvalue weighted by molar-refractivity contribution is 9.10. The second-order valence-electron chi connectivity index (χ2n) is 3.87. The molecule has 98 valence electrons. The van der Waals surface area contributed by atoms with Crippen molar-refractivity contribution >= 4 is 50.8 Å². The second-order valence-corrected chi connectivity index (χ2v) is 7.28. The number of rotatable bonds is 4. The molecule has 1 aliphatic heterocycles. The number of hydrogen-bond acceptors (Lipinski definition) is 5. The third kappa shape index (κ3) is 3.80. The molecular formula is C11H13BrN2O2S2. The van der Waals surface area contributed by atoms with Gasteiger partial charge in [0.1, 0.15) is 0 Å². The van der Waals surface area contributed by atoms with Gasteiger partial charge in [-0.1, -0.05) is 0 Å². The minimum atomic E-state index is -0.387. The van der Waals surface area contributed by atoms with E-state index in [1.54, 1.807) is 6.07 Å². The fraction of sp³-hybridized carbons (Fsp3) is 0.455. The van der Waals surface area contributed by atoms with Crippen molar-refractivity contribution in [2.75, 3.05) is 29.1 Å². The van der Waals surface area contributed by atoms with Crippen LogP contribution in [0.15, 0.2) is 22.7 Å². The average Bonchev–Trinajstić information content (AvgIpc) is 2.38. The van der Waals surface area contributed by atoms with Gasteiger partial charge in [0.25, 0.3) is 5.69 Å². The molecule has 1 aliphatic rings. The molecule has 2 rings (SSSR count). The van der Waals surface area contributed by atoms with E-state index in [1.165, 1.54) is 29.4 Å². The van der Waals surface area contributed by atoms with Crippen LogP contribution in [0.3, 0.4) is 0 Å². The largest absolute Gasteiger partial charge is 0.383 e. The molecule has 0 spiro atoms. The van der Waals surface area contributed by atoms with E-state index in [2.05, 4.69) is 21.2 Å². The summed E-state index contributed by atoms with van der Waals surface area (Å²) in [4.78, 5) is 10.2. The molecule has 0 aromatic heterocycles. The summed E-state index contributed by atoms with van der Waals surface area (Å²) in [6, 6.07) is 4.81. The lowest BCUT2D eigenvalue weighted by atomic mass is 10.3. The van der Waals surface area contributed by atoms with Crippen molar-refractivity contribution in [2.24, 2.45) is 0 Å². The van der Waals surface area contributed by atoms with Crippen molar-refractivity contribution in [3.05, 3.63) is 32.8 Å². The summed E-state index contributed by atoms with van der Waals surface area (Å²) in [6.07, 6.45) is 0. The summed E-state index contributed by atoms with van der Waals surface area (Å²) < 4.78 is 0.741. The molecule has 0 bridgehead atoms. The van der Waals surface area contributed by atoms with E-state index in [0.717, 1.165) is 16.7 Å². The Kier molecular flexibility index (Phi) is 5.20. The SMILES string of the molecule is O=[N+]([O-])c1ccc(NCC2CSCCS2)c(Br)c1. The maximum absolute atomic E-state index is 10.6. The molecule has 0 saturated carbocycles. The molecule has 1 unspecified atom stereocenters. The highest BCUT2D eigenvalue weighted by Crippen LogP contribution is 2.29. The highest BCUT2D eigenvalue weighted by Gasteiger charge is 2.15. The molecule has 18 heavy (non-hydrogen) atoms. The van der Waals surface area contributed by atoms with Crippen molar-refractivity contribution < 1.29 is 4.92 Å². The minimum Gasteiger partial charge on any atom is -0.383 e. The average molecular weight is 349 g/mol. The van der Waals surface area contributed by atoms with Crippen LogP contribution in [0, 0.1) is 10.1 Å².